The van der Waals surface area contributed by atoms with Gasteiger partial charge in [-0.1, -0.05) is 30.3 Å². The third kappa shape index (κ3) is 7.32. The molecular weight excluding hydrogens is 380 g/mol. The van der Waals surface area contributed by atoms with Crippen molar-refractivity contribution in [3.05, 3.63) is 60.2 Å². The summed E-state index contributed by atoms with van der Waals surface area (Å²) in [6.07, 6.45) is 0. The highest BCUT2D eigenvalue weighted by Gasteiger charge is 2.13. The zero-order valence-corrected chi connectivity index (χ0v) is 16.3. The molecule has 148 valence electrons. The molecule has 2 N–H and O–H groups in total. The van der Waals surface area contributed by atoms with Gasteiger partial charge in [0.25, 0.3) is 11.8 Å². The maximum atomic E-state index is 12.1. The van der Waals surface area contributed by atoms with Gasteiger partial charge in [-0.25, -0.2) is 0 Å². The monoisotopic (exact) mass is 402 g/mol. The standard InChI is InChI=1S/C20H22N2O5S/c1-26-17-10-6-5-9-16(17)20(25)22-13-19(24)27-14-18(23)21-11-12-28-15-7-3-2-4-8-15/h2-10H,11-14H2,1H3,(H,21,23)(H,22,25). The first-order chi connectivity index (χ1) is 13.6. The first-order valence-electron chi connectivity index (χ1n) is 8.61. The van der Waals surface area contributed by atoms with Crippen molar-refractivity contribution in [2.75, 3.05) is 32.6 Å². The Morgan fingerprint density at radius 2 is 1.68 bits per heavy atom. The van der Waals surface area contributed by atoms with Crippen LogP contribution in [0.4, 0.5) is 0 Å². The molecule has 0 saturated heterocycles. The molecule has 0 saturated carbocycles. The Balaban J connectivity index is 1.61. The van der Waals surface area contributed by atoms with Crippen LogP contribution < -0.4 is 15.4 Å². The molecule has 2 amide bonds. The summed E-state index contributed by atoms with van der Waals surface area (Å²) in [6.45, 7) is -0.270. The van der Waals surface area contributed by atoms with Crippen LogP contribution in [0.5, 0.6) is 5.75 Å². The Morgan fingerprint density at radius 1 is 0.964 bits per heavy atom. The highest BCUT2D eigenvalue weighted by Crippen LogP contribution is 2.17. The summed E-state index contributed by atoms with van der Waals surface area (Å²) in [7, 11) is 1.46. The van der Waals surface area contributed by atoms with Gasteiger partial charge in [-0.2, -0.15) is 0 Å². The van der Waals surface area contributed by atoms with E-state index in [4.69, 9.17) is 9.47 Å². The highest BCUT2D eigenvalue weighted by molar-refractivity contribution is 7.99. The predicted molar refractivity (Wildman–Crippen MR) is 106 cm³/mol. The number of ether oxygens (including phenoxy) is 2. The van der Waals surface area contributed by atoms with Crippen LogP contribution in [0.2, 0.25) is 0 Å². The molecule has 8 heteroatoms. The number of carbonyl (C=O) groups is 3. The molecule has 2 rings (SSSR count). The van der Waals surface area contributed by atoms with Crippen molar-refractivity contribution in [2.24, 2.45) is 0 Å². The van der Waals surface area contributed by atoms with Gasteiger partial charge in [0, 0.05) is 17.2 Å². The third-order valence-electron chi connectivity index (χ3n) is 3.55. The molecule has 7 nitrogen and oxygen atoms in total. The maximum Gasteiger partial charge on any atom is 0.325 e. The zero-order chi connectivity index (χ0) is 20.2. The number of nitrogens with one attached hydrogen (secondary N) is 2. The summed E-state index contributed by atoms with van der Waals surface area (Å²) in [5, 5.41) is 5.11. The first-order valence-corrected chi connectivity index (χ1v) is 9.60. The molecule has 0 aliphatic carbocycles. The van der Waals surface area contributed by atoms with E-state index in [1.54, 1.807) is 36.0 Å². The summed E-state index contributed by atoms with van der Waals surface area (Å²) < 4.78 is 9.95. The number of hydrogen-bond acceptors (Lipinski definition) is 6. The molecule has 0 heterocycles. The first kappa shape index (κ1) is 21.3. The minimum Gasteiger partial charge on any atom is -0.496 e. The topological polar surface area (TPSA) is 93.7 Å². The van der Waals surface area contributed by atoms with Crippen LogP contribution in [0.25, 0.3) is 0 Å². The van der Waals surface area contributed by atoms with E-state index >= 15 is 0 Å². The minimum absolute atomic E-state index is 0.312. The van der Waals surface area contributed by atoms with Gasteiger partial charge in [-0.15, -0.1) is 11.8 Å². The fourth-order valence-electron chi connectivity index (χ4n) is 2.20. The number of esters is 1. The second-order valence-corrected chi connectivity index (χ2v) is 6.72. The van der Waals surface area contributed by atoms with E-state index in [0.717, 1.165) is 4.90 Å². The number of thioether (sulfide) groups is 1. The molecule has 0 aromatic heterocycles. The Bertz CT molecular complexity index is 798. The minimum atomic E-state index is -0.697. The van der Waals surface area contributed by atoms with Crippen molar-refractivity contribution in [3.8, 4) is 5.75 Å². The number of carbonyl (C=O) groups excluding carboxylic acids is 3. The zero-order valence-electron chi connectivity index (χ0n) is 15.5. The Morgan fingerprint density at radius 3 is 2.43 bits per heavy atom. The summed E-state index contributed by atoms with van der Waals surface area (Å²) >= 11 is 1.62. The van der Waals surface area contributed by atoms with Gasteiger partial charge in [-0.3, -0.25) is 14.4 Å². The third-order valence-corrected chi connectivity index (χ3v) is 4.56. The van der Waals surface area contributed by atoms with E-state index in [1.807, 2.05) is 30.3 Å². The normalized spacial score (nSPS) is 10.0. The SMILES string of the molecule is COc1ccccc1C(=O)NCC(=O)OCC(=O)NCCSc1ccccc1. The Labute approximate surface area is 167 Å². The molecule has 0 unspecified atom stereocenters. The molecule has 0 aliphatic heterocycles. The maximum absolute atomic E-state index is 12.1. The smallest absolute Gasteiger partial charge is 0.325 e. The molecule has 2 aromatic carbocycles. The molecule has 0 spiro atoms. The number of methoxy groups -OCH3 is 1. The van der Waals surface area contributed by atoms with Crippen LogP contribution in [0.1, 0.15) is 10.4 Å². The van der Waals surface area contributed by atoms with Crippen LogP contribution in [0.3, 0.4) is 0 Å². The molecule has 2 aromatic rings. The van der Waals surface area contributed by atoms with Crippen molar-refractivity contribution >= 4 is 29.5 Å². The summed E-state index contributed by atoms with van der Waals surface area (Å²) in [6, 6.07) is 16.5. The van der Waals surface area contributed by atoms with E-state index in [-0.39, 0.29) is 13.2 Å². The van der Waals surface area contributed by atoms with E-state index in [0.29, 0.717) is 23.6 Å². The lowest BCUT2D eigenvalue weighted by Crippen LogP contribution is -2.34. The summed E-state index contributed by atoms with van der Waals surface area (Å²) in [5.41, 5.74) is 0.312. The van der Waals surface area contributed by atoms with Gasteiger partial charge in [0.1, 0.15) is 12.3 Å². The van der Waals surface area contributed by atoms with Crippen molar-refractivity contribution in [1.82, 2.24) is 10.6 Å². The Kier molecular flexibility index (Phi) is 8.87. The van der Waals surface area contributed by atoms with E-state index in [2.05, 4.69) is 10.6 Å². The lowest BCUT2D eigenvalue weighted by molar-refractivity contribution is -0.147. The van der Waals surface area contributed by atoms with Crippen molar-refractivity contribution in [2.45, 2.75) is 4.90 Å². The fourth-order valence-corrected chi connectivity index (χ4v) is 2.99. The molecular formula is C20H22N2O5S. The summed E-state index contributed by atoms with van der Waals surface area (Å²) in [4.78, 5) is 36.6. The van der Waals surface area contributed by atoms with Gasteiger partial charge in [-0.05, 0) is 24.3 Å². The van der Waals surface area contributed by atoms with Gasteiger partial charge < -0.3 is 20.1 Å². The van der Waals surface area contributed by atoms with E-state index < -0.39 is 17.8 Å². The van der Waals surface area contributed by atoms with Crippen LogP contribution in [0.15, 0.2) is 59.5 Å². The average Bonchev–Trinajstić information content (AvgIpc) is 2.74. The van der Waals surface area contributed by atoms with Crippen LogP contribution in [0, 0.1) is 0 Å². The van der Waals surface area contributed by atoms with Crippen LogP contribution in [-0.4, -0.2) is 50.3 Å². The predicted octanol–water partition coefficient (Wildman–Crippen LogP) is 1.88. The van der Waals surface area contributed by atoms with Crippen molar-refractivity contribution in [3.63, 3.8) is 0 Å². The number of para-hydroxylation sites is 1. The lowest BCUT2D eigenvalue weighted by atomic mass is 10.2. The van der Waals surface area contributed by atoms with Crippen LogP contribution >= 0.6 is 11.8 Å². The summed E-state index contributed by atoms with van der Waals surface area (Å²) in [5.74, 6) is -0.438. The second kappa shape index (κ2) is 11.7. The van der Waals surface area contributed by atoms with Crippen molar-refractivity contribution < 1.29 is 23.9 Å². The average molecular weight is 402 g/mol. The van der Waals surface area contributed by atoms with E-state index in [1.165, 1.54) is 7.11 Å². The molecule has 0 atom stereocenters. The van der Waals surface area contributed by atoms with E-state index in [9.17, 15) is 14.4 Å². The molecule has 0 radical (unpaired) electrons. The van der Waals surface area contributed by atoms with Crippen molar-refractivity contribution in [1.29, 1.82) is 0 Å². The van der Waals surface area contributed by atoms with Gasteiger partial charge >= 0.3 is 5.97 Å². The van der Waals surface area contributed by atoms with Gasteiger partial charge in [0.15, 0.2) is 6.61 Å². The number of amides is 2. The molecule has 28 heavy (non-hydrogen) atoms. The van der Waals surface area contributed by atoms with Gasteiger partial charge in [0.2, 0.25) is 0 Å². The number of benzene rings is 2. The quantitative estimate of drug-likeness (QED) is 0.358. The lowest BCUT2D eigenvalue weighted by Gasteiger charge is -2.09. The molecule has 0 aliphatic rings. The van der Waals surface area contributed by atoms with Gasteiger partial charge in [0.05, 0.1) is 12.7 Å². The second-order valence-electron chi connectivity index (χ2n) is 5.56. The largest absolute Gasteiger partial charge is 0.496 e. The fraction of sp³-hybridized carbons (Fsp3) is 0.250. The number of hydrogen-bond donors (Lipinski definition) is 2. The molecule has 0 fully saturated rings. The molecule has 0 bridgehead atoms. The van der Waals surface area contributed by atoms with Crippen LogP contribution in [-0.2, 0) is 14.3 Å². The number of rotatable bonds is 10. The highest BCUT2D eigenvalue weighted by atomic mass is 32.2. The Hall–Kier alpha value is -3.00.